The second kappa shape index (κ2) is 6.86. The number of hydrogen-bond acceptors (Lipinski definition) is 2. The zero-order chi connectivity index (χ0) is 14.5. The van der Waals surface area contributed by atoms with Crippen LogP contribution in [0.5, 0.6) is 0 Å². The average molecular weight is 293 g/mol. The molecule has 0 saturated heterocycles. The molecule has 0 fully saturated rings. The van der Waals surface area contributed by atoms with Gasteiger partial charge in [-0.25, -0.2) is 8.78 Å². The highest BCUT2D eigenvalue weighted by atomic mass is 32.2. The Morgan fingerprint density at radius 1 is 1.00 bits per heavy atom. The van der Waals surface area contributed by atoms with E-state index in [2.05, 4.69) is 5.32 Å². The van der Waals surface area contributed by atoms with E-state index in [4.69, 9.17) is 0 Å². The van der Waals surface area contributed by atoms with E-state index in [1.807, 2.05) is 37.4 Å². The maximum atomic E-state index is 13.4. The third-order valence-corrected chi connectivity index (χ3v) is 3.82. The largest absolute Gasteiger partial charge is 0.307 e. The molecule has 1 atom stereocenters. The summed E-state index contributed by atoms with van der Waals surface area (Å²) in [4.78, 5) is 1.16. The van der Waals surface area contributed by atoms with Crippen molar-refractivity contribution in [1.82, 2.24) is 5.32 Å². The molecule has 0 aliphatic carbocycles. The lowest BCUT2D eigenvalue weighted by Gasteiger charge is -2.19. The number of thioether (sulfide) groups is 1. The Morgan fingerprint density at radius 2 is 1.60 bits per heavy atom. The summed E-state index contributed by atoms with van der Waals surface area (Å²) >= 11 is 1.66. The van der Waals surface area contributed by atoms with Gasteiger partial charge < -0.3 is 5.32 Å². The van der Waals surface area contributed by atoms with Gasteiger partial charge in [-0.1, -0.05) is 19.1 Å². The van der Waals surface area contributed by atoms with E-state index >= 15 is 0 Å². The van der Waals surface area contributed by atoms with Crippen LogP contribution in [-0.4, -0.2) is 12.8 Å². The molecule has 0 aromatic heterocycles. The molecular formula is C16H17F2NS. The lowest BCUT2D eigenvalue weighted by Crippen LogP contribution is -2.22. The Morgan fingerprint density at radius 3 is 2.10 bits per heavy atom. The van der Waals surface area contributed by atoms with Crippen molar-refractivity contribution in [3.05, 3.63) is 65.2 Å². The third-order valence-electron chi connectivity index (χ3n) is 3.08. The molecule has 0 heterocycles. The number of nitrogens with one attached hydrogen (secondary N) is 1. The smallest absolute Gasteiger partial charge is 0.126 e. The molecule has 0 spiro atoms. The van der Waals surface area contributed by atoms with Crippen molar-refractivity contribution in [2.45, 2.75) is 17.9 Å². The van der Waals surface area contributed by atoms with Crippen LogP contribution in [0.25, 0.3) is 0 Å². The first-order valence-corrected chi connectivity index (χ1v) is 7.70. The molecule has 106 valence electrons. The summed E-state index contributed by atoms with van der Waals surface area (Å²) in [6, 6.07) is 11.4. The molecule has 0 bridgehead atoms. The van der Waals surface area contributed by atoms with Crippen molar-refractivity contribution in [2.75, 3.05) is 12.8 Å². The lowest BCUT2D eigenvalue weighted by molar-refractivity contribution is 0.565. The van der Waals surface area contributed by atoms with Crippen LogP contribution in [0.15, 0.2) is 47.4 Å². The van der Waals surface area contributed by atoms with E-state index in [1.54, 1.807) is 11.8 Å². The van der Waals surface area contributed by atoms with Crippen LogP contribution < -0.4 is 5.32 Å². The van der Waals surface area contributed by atoms with E-state index in [9.17, 15) is 8.78 Å². The zero-order valence-electron chi connectivity index (χ0n) is 11.5. The van der Waals surface area contributed by atoms with Gasteiger partial charge in [0.1, 0.15) is 11.6 Å². The molecule has 2 rings (SSSR count). The zero-order valence-corrected chi connectivity index (χ0v) is 12.3. The highest BCUT2D eigenvalue weighted by Crippen LogP contribution is 2.25. The highest BCUT2D eigenvalue weighted by Gasteiger charge is 2.15. The van der Waals surface area contributed by atoms with Crippen molar-refractivity contribution >= 4 is 11.8 Å². The van der Waals surface area contributed by atoms with Gasteiger partial charge in [-0.2, -0.15) is 0 Å². The SMILES string of the molecule is CCNC(c1ccc(SC)cc1)c1cc(F)cc(F)c1. The first-order chi connectivity index (χ1) is 9.63. The maximum absolute atomic E-state index is 13.4. The van der Waals surface area contributed by atoms with E-state index < -0.39 is 11.6 Å². The molecule has 1 unspecified atom stereocenters. The molecule has 0 aliphatic rings. The Labute approximate surface area is 122 Å². The Hall–Kier alpha value is -1.39. The molecule has 0 amide bonds. The van der Waals surface area contributed by atoms with Gasteiger partial charge in [0.05, 0.1) is 6.04 Å². The van der Waals surface area contributed by atoms with Crippen LogP contribution in [0, 0.1) is 11.6 Å². The maximum Gasteiger partial charge on any atom is 0.126 e. The standard InChI is InChI=1S/C16H17F2NS/c1-3-19-16(11-4-6-15(20-2)7-5-11)12-8-13(17)10-14(18)9-12/h4-10,16,19H,3H2,1-2H3. The highest BCUT2D eigenvalue weighted by molar-refractivity contribution is 7.98. The fraction of sp³-hybridized carbons (Fsp3) is 0.250. The number of rotatable bonds is 5. The summed E-state index contributed by atoms with van der Waals surface area (Å²) in [6.07, 6.45) is 2.01. The molecule has 2 aromatic rings. The molecule has 2 aromatic carbocycles. The molecule has 0 aliphatic heterocycles. The van der Waals surface area contributed by atoms with Crippen molar-refractivity contribution < 1.29 is 8.78 Å². The minimum atomic E-state index is -0.552. The van der Waals surface area contributed by atoms with Gasteiger partial charge in [-0.15, -0.1) is 11.8 Å². The number of hydrogen-bond donors (Lipinski definition) is 1. The summed E-state index contributed by atoms with van der Waals surface area (Å²) in [5.74, 6) is -1.10. The van der Waals surface area contributed by atoms with Gasteiger partial charge in [-0.3, -0.25) is 0 Å². The Kier molecular flexibility index (Phi) is 5.15. The van der Waals surface area contributed by atoms with Gasteiger partial charge in [0.25, 0.3) is 0 Å². The van der Waals surface area contributed by atoms with Crippen LogP contribution in [0.2, 0.25) is 0 Å². The summed E-state index contributed by atoms with van der Waals surface area (Å²) < 4.78 is 26.8. The summed E-state index contributed by atoms with van der Waals surface area (Å²) in [7, 11) is 0. The molecule has 4 heteroatoms. The Balaban J connectivity index is 2.38. The van der Waals surface area contributed by atoms with E-state index in [1.165, 1.54) is 12.1 Å². The van der Waals surface area contributed by atoms with Crippen LogP contribution >= 0.6 is 11.8 Å². The van der Waals surface area contributed by atoms with Crippen molar-refractivity contribution in [3.63, 3.8) is 0 Å². The van der Waals surface area contributed by atoms with Crippen LogP contribution in [0.3, 0.4) is 0 Å². The van der Waals surface area contributed by atoms with E-state index in [-0.39, 0.29) is 6.04 Å². The van der Waals surface area contributed by atoms with Crippen molar-refractivity contribution in [1.29, 1.82) is 0 Å². The molecule has 20 heavy (non-hydrogen) atoms. The summed E-state index contributed by atoms with van der Waals surface area (Å²) in [6.45, 7) is 2.69. The van der Waals surface area contributed by atoms with E-state index in [0.29, 0.717) is 12.1 Å². The fourth-order valence-corrected chi connectivity index (χ4v) is 2.58. The first-order valence-electron chi connectivity index (χ1n) is 6.47. The monoisotopic (exact) mass is 293 g/mol. The van der Waals surface area contributed by atoms with Crippen LogP contribution in [0.1, 0.15) is 24.1 Å². The van der Waals surface area contributed by atoms with E-state index in [0.717, 1.165) is 16.5 Å². The second-order valence-electron chi connectivity index (χ2n) is 4.47. The van der Waals surface area contributed by atoms with Gasteiger partial charge in [-0.05, 0) is 48.2 Å². The first kappa shape index (κ1) is 15.0. The topological polar surface area (TPSA) is 12.0 Å². The lowest BCUT2D eigenvalue weighted by atomic mass is 9.98. The summed E-state index contributed by atoms with van der Waals surface area (Å²) in [5.41, 5.74) is 1.59. The number of benzene rings is 2. The molecule has 1 N–H and O–H groups in total. The van der Waals surface area contributed by atoms with Crippen molar-refractivity contribution in [2.24, 2.45) is 0 Å². The van der Waals surface area contributed by atoms with Crippen LogP contribution in [-0.2, 0) is 0 Å². The predicted molar refractivity (Wildman–Crippen MR) is 80.1 cm³/mol. The van der Waals surface area contributed by atoms with Gasteiger partial charge in [0.2, 0.25) is 0 Å². The van der Waals surface area contributed by atoms with Crippen LogP contribution in [0.4, 0.5) is 8.78 Å². The fourth-order valence-electron chi connectivity index (χ4n) is 2.17. The average Bonchev–Trinajstić information content (AvgIpc) is 2.44. The second-order valence-corrected chi connectivity index (χ2v) is 5.35. The molecular weight excluding hydrogens is 276 g/mol. The third kappa shape index (κ3) is 3.58. The quantitative estimate of drug-likeness (QED) is 0.821. The summed E-state index contributed by atoms with van der Waals surface area (Å²) in [5, 5.41) is 3.27. The van der Waals surface area contributed by atoms with Gasteiger partial charge in [0, 0.05) is 11.0 Å². The normalized spacial score (nSPS) is 12.4. The Bertz CT molecular complexity index is 549. The number of halogens is 2. The van der Waals surface area contributed by atoms with Crippen molar-refractivity contribution in [3.8, 4) is 0 Å². The molecule has 1 nitrogen and oxygen atoms in total. The van der Waals surface area contributed by atoms with Gasteiger partial charge >= 0.3 is 0 Å². The predicted octanol–water partition coefficient (Wildman–Crippen LogP) is 4.39. The molecule has 0 saturated carbocycles. The molecule has 0 radical (unpaired) electrons. The minimum absolute atomic E-state index is 0.207. The van der Waals surface area contributed by atoms with Gasteiger partial charge in [0.15, 0.2) is 0 Å². The minimum Gasteiger partial charge on any atom is -0.307 e.